The number of carbonyl (C=O) groups excluding carboxylic acids is 1. The van der Waals surface area contributed by atoms with Crippen LogP contribution >= 0.6 is 0 Å². The van der Waals surface area contributed by atoms with E-state index in [-0.39, 0.29) is 11.3 Å². The second-order valence-corrected chi connectivity index (χ2v) is 7.10. The predicted octanol–water partition coefficient (Wildman–Crippen LogP) is 1.66. The Balaban J connectivity index is 1.90. The topological polar surface area (TPSA) is 53.2 Å². The van der Waals surface area contributed by atoms with E-state index in [1.54, 1.807) is 7.05 Å². The molecule has 2 aliphatic rings. The smallest absolute Gasteiger partial charge is 0.226 e. The van der Waals surface area contributed by atoms with Crippen LogP contribution in [0, 0.1) is 11.3 Å². The SMILES string of the molecule is CNC(=O)C(C)(C)CNC1CCCCC1C1CCCN1. The molecule has 2 fully saturated rings. The summed E-state index contributed by atoms with van der Waals surface area (Å²) in [6, 6.07) is 1.26. The zero-order valence-electron chi connectivity index (χ0n) is 13.3. The molecule has 0 aromatic rings. The van der Waals surface area contributed by atoms with Gasteiger partial charge in [-0.3, -0.25) is 4.79 Å². The molecule has 0 spiro atoms. The molecule has 3 unspecified atom stereocenters. The molecule has 0 aromatic heterocycles. The van der Waals surface area contributed by atoms with Gasteiger partial charge in [0.15, 0.2) is 0 Å². The van der Waals surface area contributed by atoms with Gasteiger partial charge in [0.05, 0.1) is 5.41 Å². The van der Waals surface area contributed by atoms with Crippen LogP contribution in [0.25, 0.3) is 0 Å². The maximum absolute atomic E-state index is 11.9. The second-order valence-electron chi connectivity index (χ2n) is 7.10. The lowest BCUT2D eigenvalue weighted by Gasteiger charge is -2.38. The highest BCUT2D eigenvalue weighted by atomic mass is 16.2. The van der Waals surface area contributed by atoms with E-state index in [4.69, 9.17) is 0 Å². The van der Waals surface area contributed by atoms with Crippen molar-refractivity contribution in [2.24, 2.45) is 11.3 Å². The number of carbonyl (C=O) groups is 1. The summed E-state index contributed by atoms with van der Waals surface area (Å²) in [4.78, 5) is 11.9. The van der Waals surface area contributed by atoms with Crippen molar-refractivity contribution in [1.82, 2.24) is 16.0 Å². The Morgan fingerprint density at radius 2 is 1.95 bits per heavy atom. The van der Waals surface area contributed by atoms with Crippen molar-refractivity contribution in [3.8, 4) is 0 Å². The van der Waals surface area contributed by atoms with Crippen LogP contribution in [-0.2, 0) is 4.79 Å². The molecular formula is C16H31N3O. The number of nitrogens with one attached hydrogen (secondary N) is 3. The first-order valence-corrected chi connectivity index (χ1v) is 8.23. The van der Waals surface area contributed by atoms with E-state index < -0.39 is 0 Å². The summed E-state index contributed by atoms with van der Waals surface area (Å²) >= 11 is 0. The van der Waals surface area contributed by atoms with E-state index >= 15 is 0 Å². The summed E-state index contributed by atoms with van der Waals surface area (Å²) in [5.41, 5.74) is -0.333. The molecule has 3 atom stereocenters. The van der Waals surface area contributed by atoms with E-state index in [2.05, 4.69) is 16.0 Å². The van der Waals surface area contributed by atoms with Gasteiger partial charge in [-0.15, -0.1) is 0 Å². The van der Waals surface area contributed by atoms with Gasteiger partial charge in [0.2, 0.25) is 5.91 Å². The molecule has 4 heteroatoms. The van der Waals surface area contributed by atoms with Crippen LogP contribution in [0.15, 0.2) is 0 Å². The molecule has 0 bridgehead atoms. The van der Waals surface area contributed by atoms with Gasteiger partial charge in [-0.2, -0.15) is 0 Å². The van der Waals surface area contributed by atoms with Crippen LogP contribution in [0.2, 0.25) is 0 Å². The lowest BCUT2D eigenvalue weighted by Crippen LogP contribution is -2.51. The van der Waals surface area contributed by atoms with Gasteiger partial charge >= 0.3 is 0 Å². The summed E-state index contributed by atoms with van der Waals surface area (Å²) in [7, 11) is 1.72. The highest BCUT2D eigenvalue weighted by Gasteiger charge is 2.35. The number of amides is 1. The fourth-order valence-corrected chi connectivity index (χ4v) is 3.78. The lowest BCUT2D eigenvalue weighted by molar-refractivity contribution is -0.128. The second kappa shape index (κ2) is 6.90. The largest absolute Gasteiger partial charge is 0.359 e. The van der Waals surface area contributed by atoms with Gasteiger partial charge in [0, 0.05) is 25.7 Å². The Kier molecular flexibility index (Phi) is 5.44. The maximum Gasteiger partial charge on any atom is 0.226 e. The van der Waals surface area contributed by atoms with E-state index in [0.29, 0.717) is 12.1 Å². The van der Waals surface area contributed by atoms with Crippen molar-refractivity contribution in [2.45, 2.75) is 64.5 Å². The molecule has 0 radical (unpaired) electrons. The number of hydrogen-bond acceptors (Lipinski definition) is 3. The molecule has 1 saturated carbocycles. The fraction of sp³-hybridized carbons (Fsp3) is 0.938. The Morgan fingerprint density at radius 1 is 1.20 bits per heavy atom. The normalized spacial score (nSPS) is 31.2. The van der Waals surface area contributed by atoms with Gasteiger partial charge < -0.3 is 16.0 Å². The minimum Gasteiger partial charge on any atom is -0.359 e. The Labute approximate surface area is 123 Å². The standard InChI is InChI=1S/C16H31N3O/c1-16(2,15(20)17-3)11-19-14-8-5-4-7-12(14)13-9-6-10-18-13/h12-14,18-19H,4-11H2,1-3H3,(H,17,20). The third kappa shape index (κ3) is 3.73. The third-order valence-electron chi connectivity index (χ3n) is 5.08. The van der Waals surface area contributed by atoms with E-state index in [9.17, 15) is 4.79 Å². The van der Waals surface area contributed by atoms with Gasteiger partial charge in [0.25, 0.3) is 0 Å². The van der Waals surface area contributed by atoms with Crippen molar-refractivity contribution in [3.05, 3.63) is 0 Å². The quantitative estimate of drug-likeness (QED) is 0.718. The Hall–Kier alpha value is -0.610. The first-order valence-electron chi connectivity index (χ1n) is 8.23. The van der Waals surface area contributed by atoms with Crippen molar-refractivity contribution in [2.75, 3.05) is 20.1 Å². The van der Waals surface area contributed by atoms with Gasteiger partial charge in [-0.1, -0.05) is 12.8 Å². The van der Waals surface area contributed by atoms with Crippen LogP contribution in [0.4, 0.5) is 0 Å². The maximum atomic E-state index is 11.9. The van der Waals surface area contributed by atoms with Gasteiger partial charge in [0.1, 0.15) is 0 Å². The summed E-state index contributed by atoms with van der Waals surface area (Å²) < 4.78 is 0. The zero-order chi connectivity index (χ0) is 14.6. The highest BCUT2D eigenvalue weighted by molar-refractivity contribution is 5.81. The lowest BCUT2D eigenvalue weighted by atomic mass is 9.78. The summed E-state index contributed by atoms with van der Waals surface area (Å²) in [5.74, 6) is 0.864. The van der Waals surface area contributed by atoms with Crippen molar-refractivity contribution < 1.29 is 4.79 Å². The molecular weight excluding hydrogens is 250 g/mol. The minimum absolute atomic E-state index is 0.122. The van der Waals surface area contributed by atoms with E-state index in [0.717, 1.165) is 12.5 Å². The van der Waals surface area contributed by atoms with Gasteiger partial charge in [-0.05, 0) is 52.0 Å². The first-order chi connectivity index (χ1) is 9.54. The number of rotatable bonds is 5. The van der Waals surface area contributed by atoms with Crippen LogP contribution in [0.5, 0.6) is 0 Å². The van der Waals surface area contributed by atoms with Crippen LogP contribution in [-0.4, -0.2) is 38.1 Å². The van der Waals surface area contributed by atoms with Crippen LogP contribution in [0.1, 0.15) is 52.4 Å². The Bertz CT molecular complexity index is 324. The monoisotopic (exact) mass is 281 g/mol. The predicted molar refractivity (Wildman–Crippen MR) is 82.6 cm³/mol. The molecule has 1 heterocycles. The number of hydrogen-bond donors (Lipinski definition) is 3. The zero-order valence-corrected chi connectivity index (χ0v) is 13.3. The average molecular weight is 281 g/mol. The molecule has 20 heavy (non-hydrogen) atoms. The van der Waals surface area contributed by atoms with Gasteiger partial charge in [-0.25, -0.2) is 0 Å². The first kappa shape index (κ1) is 15.8. The van der Waals surface area contributed by atoms with Crippen molar-refractivity contribution >= 4 is 5.91 Å². The average Bonchev–Trinajstić information content (AvgIpc) is 2.98. The third-order valence-corrected chi connectivity index (χ3v) is 5.08. The summed E-state index contributed by atoms with van der Waals surface area (Å²) in [6.45, 7) is 5.98. The minimum atomic E-state index is -0.333. The summed E-state index contributed by atoms with van der Waals surface area (Å²) in [5, 5.41) is 10.1. The molecule has 4 nitrogen and oxygen atoms in total. The fourth-order valence-electron chi connectivity index (χ4n) is 3.78. The summed E-state index contributed by atoms with van der Waals surface area (Å²) in [6.07, 6.45) is 7.91. The molecule has 0 aromatic carbocycles. The van der Waals surface area contributed by atoms with E-state index in [1.807, 2.05) is 13.8 Å². The van der Waals surface area contributed by atoms with Crippen LogP contribution < -0.4 is 16.0 Å². The Morgan fingerprint density at radius 3 is 2.60 bits per heavy atom. The molecule has 3 N–H and O–H groups in total. The van der Waals surface area contributed by atoms with E-state index in [1.165, 1.54) is 45.1 Å². The molecule has 1 saturated heterocycles. The molecule has 116 valence electrons. The molecule has 2 rings (SSSR count). The highest BCUT2D eigenvalue weighted by Crippen LogP contribution is 2.31. The molecule has 1 aliphatic carbocycles. The molecule has 1 aliphatic heterocycles. The molecule has 1 amide bonds. The van der Waals surface area contributed by atoms with Crippen LogP contribution in [0.3, 0.4) is 0 Å². The van der Waals surface area contributed by atoms with Crippen molar-refractivity contribution in [1.29, 1.82) is 0 Å². The van der Waals surface area contributed by atoms with Crippen molar-refractivity contribution in [3.63, 3.8) is 0 Å².